The highest BCUT2D eigenvalue weighted by Crippen LogP contribution is 2.16. The molecule has 0 radical (unpaired) electrons. The molecule has 0 spiro atoms. The molecule has 188 valence electrons. The minimum absolute atomic E-state index is 0.126. The van der Waals surface area contributed by atoms with E-state index in [9.17, 15) is 24.3 Å². The second-order valence-corrected chi connectivity index (χ2v) is 9.98. The predicted octanol–water partition coefficient (Wildman–Crippen LogP) is 1.93. The van der Waals surface area contributed by atoms with Crippen LogP contribution < -0.4 is 19.8 Å². The zero-order valence-electron chi connectivity index (χ0n) is 20.5. The Bertz CT molecular complexity index is 702. The number of nitrogens with one attached hydrogen (secondary N) is 3. The number of carbonyl (C=O) groups excluding carboxylic acids is 3. The molecule has 0 aliphatic carbocycles. The predicted molar refractivity (Wildman–Crippen MR) is 140 cm³/mol. The Kier molecular flexibility index (Phi) is 14.8. The second-order valence-electron chi connectivity index (χ2n) is 9.44. The molecule has 0 saturated heterocycles. The zero-order valence-corrected chi connectivity index (χ0v) is 22.7. The van der Waals surface area contributed by atoms with Gasteiger partial charge in [0.2, 0.25) is 11.8 Å². The van der Waals surface area contributed by atoms with E-state index in [1.165, 1.54) is 6.92 Å². The molecule has 0 heterocycles. The molecule has 0 aromatic heterocycles. The molecular formula is C22H40BIN4O5. The largest absolute Gasteiger partial charge is 0.480 e. The molecule has 33 heavy (non-hydrogen) atoms. The fraction of sp³-hybridized carbons (Fsp3) is 0.727. The molecular weight excluding hydrogens is 538 g/mol. The molecule has 0 bridgehead atoms. The summed E-state index contributed by atoms with van der Waals surface area (Å²) in [4.78, 5) is 47.5. The third-order valence-corrected chi connectivity index (χ3v) is 5.97. The van der Waals surface area contributed by atoms with E-state index in [0.717, 1.165) is 12.8 Å². The van der Waals surface area contributed by atoms with E-state index >= 15 is 0 Å². The van der Waals surface area contributed by atoms with Crippen molar-refractivity contribution in [1.29, 1.82) is 0 Å². The highest BCUT2D eigenvalue weighted by Gasteiger charge is 2.34. The molecule has 0 rings (SSSR count). The first-order valence-electron chi connectivity index (χ1n) is 11.4. The van der Waals surface area contributed by atoms with Crippen LogP contribution in [0.4, 0.5) is 0 Å². The minimum atomic E-state index is -1.24. The maximum absolute atomic E-state index is 12.6. The van der Waals surface area contributed by atoms with Crippen molar-refractivity contribution < 1.29 is 24.3 Å². The molecule has 0 fully saturated rings. The lowest BCUT2D eigenvalue weighted by Gasteiger charge is -2.27. The summed E-state index contributed by atoms with van der Waals surface area (Å²) < 4.78 is 2.53. The Balaban J connectivity index is 4.56. The number of hydrogen-bond acceptors (Lipinski definition) is 6. The maximum atomic E-state index is 12.6. The molecule has 0 unspecified atom stereocenters. The zero-order chi connectivity index (χ0) is 25.7. The van der Waals surface area contributed by atoms with Crippen molar-refractivity contribution in [2.75, 3.05) is 0 Å². The van der Waals surface area contributed by atoms with E-state index in [1.807, 2.05) is 26.0 Å². The number of aliphatic carboxylic acids is 1. The van der Waals surface area contributed by atoms with Crippen LogP contribution in [0.15, 0.2) is 12.2 Å². The van der Waals surface area contributed by atoms with Gasteiger partial charge >= 0.3 is 5.97 Å². The van der Waals surface area contributed by atoms with Gasteiger partial charge in [0, 0.05) is 6.92 Å². The molecule has 3 atom stereocenters. The van der Waals surface area contributed by atoms with Gasteiger partial charge in [-0.1, -0.05) is 26.0 Å². The quantitative estimate of drug-likeness (QED) is 0.0582. The number of carbonyl (C=O) groups is 4. The Morgan fingerprint density at radius 2 is 1.64 bits per heavy atom. The van der Waals surface area contributed by atoms with Crippen molar-refractivity contribution in [2.45, 2.75) is 96.7 Å². The van der Waals surface area contributed by atoms with Crippen LogP contribution in [0, 0.1) is 5.92 Å². The van der Waals surface area contributed by atoms with Crippen LogP contribution in [-0.2, 0) is 19.2 Å². The molecule has 0 saturated carbocycles. The molecule has 0 aliphatic rings. The number of carboxylic acid groups (broad SMARTS) is 1. The molecule has 2 amide bonds. The van der Waals surface area contributed by atoms with E-state index in [2.05, 4.69) is 14.1 Å². The first kappa shape index (κ1) is 31.5. The van der Waals surface area contributed by atoms with Crippen LogP contribution in [-0.4, -0.2) is 53.1 Å². The van der Waals surface area contributed by atoms with Gasteiger partial charge in [0.1, 0.15) is 11.2 Å². The molecule has 11 heteroatoms. The highest BCUT2D eigenvalue weighted by molar-refractivity contribution is 14.1. The number of carboxylic acids is 1. The van der Waals surface area contributed by atoms with Crippen molar-refractivity contribution in [2.24, 2.45) is 11.7 Å². The van der Waals surface area contributed by atoms with Crippen LogP contribution >= 0.6 is 22.9 Å². The average Bonchev–Trinajstić information content (AvgIpc) is 2.71. The minimum Gasteiger partial charge on any atom is -0.480 e. The maximum Gasteiger partial charge on any atom is 0.322 e. The lowest BCUT2D eigenvalue weighted by molar-refractivity contribution is -0.143. The number of unbranched alkanes of at least 4 members (excludes halogenated alkanes) is 2. The molecule has 0 aromatic carbocycles. The Morgan fingerprint density at radius 3 is 2.09 bits per heavy atom. The fourth-order valence-electron chi connectivity index (χ4n) is 3.28. The van der Waals surface area contributed by atoms with Crippen LogP contribution in [0.2, 0.25) is 0 Å². The summed E-state index contributed by atoms with van der Waals surface area (Å²) in [5.41, 5.74) is 3.62. The lowest BCUT2D eigenvalue weighted by Crippen LogP contribution is -2.55. The van der Waals surface area contributed by atoms with Gasteiger partial charge in [0.05, 0.1) is 34.4 Å². The van der Waals surface area contributed by atoms with E-state index in [4.69, 9.17) is 5.73 Å². The van der Waals surface area contributed by atoms with Crippen molar-refractivity contribution in [3.05, 3.63) is 12.2 Å². The van der Waals surface area contributed by atoms with Crippen LogP contribution in [0.1, 0.15) is 79.6 Å². The summed E-state index contributed by atoms with van der Waals surface area (Å²) in [6.45, 7) is 8.55. The Hall–Kier alpha value is -1.47. The summed E-state index contributed by atoms with van der Waals surface area (Å²) in [6, 6.07) is -0.630. The number of allylic oxidation sites excluding steroid dienone is 2. The average molecular weight is 578 g/mol. The summed E-state index contributed by atoms with van der Waals surface area (Å²) in [5, 5.41) is 15.2. The molecule has 9 nitrogen and oxygen atoms in total. The summed E-state index contributed by atoms with van der Waals surface area (Å²) in [5.74, 6) is -1.29. The van der Waals surface area contributed by atoms with Gasteiger partial charge in [-0.05, 0) is 64.7 Å². The van der Waals surface area contributed by atoms with Gasteiger partial charge < -0.3 is 26.2 Å². The Labute approximate surface area is 212 Å². The van der Waals surface area contributed by atoms with Crippen LogP contribution in [0.25, 0.3) is 0 Å². The Morgan fingerprint density at radius 1 is 1.09 bits per heavy atom. The van der Waals surface area contributed by atoms with Gasteiger partial charge in [-0.2, -0.15) is 0 Å². The van der Waals surface area contributed by atoms with E-state index < -0.39 is 23.1 Å². The van der Waals surface area contributed by atoms with Gasteiger partial charge in [0.15, 0.2) is 0 Å². The fourth-order valence-corrected chi connectivity index (χ4v) is 3.90. The summed E-state index contributed by atoms with van der Waals surface area (Å²) >= 11 is 1.78. The van der Waals surface area contributed by atoms with Crippen molar-refractivity contribution in [3.8, 4) is 0 Å². The van der Waals surface area contributed by atoms with Gasteiger partial charge in [-0.15, -0.1) is 0 Å². The van der Waals surface area contributed by atoms with Crippen molar-refractivity contribution in [1.82, 2.24) is 14.1 Å². The third-order valence-electron chi connectivity index (χ3n) is 5.48. The van der Waals surface area contributed by atoms with E-state index in [0.29, 0.717) is 32.1 Å². The third kappa shape index (κ3) is 13.1. The lowest BCUT2D eigenvalue weighted by atomic mass is 9.76. The monoisotopic (exact) mass is 578 g/mol. The first-order valence-corrected chi connectivity index (χ1v) is 12.5. The van der Waals surface area contributed by atoms with Crippen LogP contribution in [0.5, 0.6) is 0 Å². The van der Waals surface area contributed by atoms with Crippen molar-refractivity contribution >= 4 is 53.7 Å². The number of amides is 2. The van der Waals surface area contributed by atoms with Crippen LogP contribution in [0.3, 0.4) is 0 Å². The first-order chi connectivity index (χ1) is 15.2. The molecule has 0 aliphatic heterocycles. The topological polar surface area (TPSA) is 151 Å². The molecule has 0 aromatic rings. The summed E-state index contributed by atoms with van der Waals surface area (Å²) in [7, 11) is -0.126. The van der Waals surface area contributed by atoms with E-state index in [-0.39, 0.29) is 30.8 Å². The number of nitrogens with two attached hydrogens (primary N) is 1. The smallest absolute Gasteiger partial charge is 0.322 e. The number of hydrogen-bond donors (Lipinski definition) is 5. The van der Waals surface area contributed by atoms with Gasteiger partial charge in [-0.3, -0.25) is 17.9 Å². The van der Waals surface area contributed by atoms with Gasteiger partial charge in [-0.25, -0.2) is 0 Å². The second kappa shape index (κ2) is 15.4. The SMILES string of the molecule is CC(=O)N[C@@H](CC(C)C)C(=O)BN[C@@](C)(CCC/C=C\CCC[C@](C)(N)C(=O)NI)C(=O)O. The highest BCUT2D eigenvalue weighted by atomic mass is 127. The summed E-state index contributed by atoms with van der Waals surface area (Å²) in [6.07, 6.45) is 8.32. The number of rotatable bonds is 17. The van der Waals surface area contributed by atoms with Gasteiger partial charge in [0.25, 0.3) is 7.41 Å². The molecule has 6 N–H and O–H groups in total. The normalized spacial score (nSPS) is 16.0. The standard InChI is InChI=1S/C22H40BIN4O5/c1-15(2)14-17(26-16(3)29)18(30)23-28-22(5,20(32)33)13-11-9-7-6-8-10-12-21(4,25)19(31)27-24/h6-7,15,17,23,28H,8-14,25H2,1-5H3,(H,26,29)(H,27,31)(H,32,33)/b7-6-/t17-,21-,22-/m0/s1. The number of halogens is 1. The van der Waals surface area contributed by atoms with Crippen molar-refractivity contribution in [3.63, 3.8) is 0 Å². The van der Waals surface area contributed by atoms with E-state index in [1.54, 1.807) is 36.7 Å².